The fourth-order valence-corrected chi connectivity index (χ4v) is 6.72. The quantitative estimate of drug-likeness (QED) is 0.0615. The highest BCUT2D eigenvalue weighted by molar-refractivity contribution is 5.89. The molecule has 0 aliphatic heterocycles. The van der Waals surface area contributed by atoms with Gasteiger partial charge in [-0.25, -0.2) is 71.9 Å². The van der Waals surface area contributed by atoms with Gasteiger partial charge in [-0.2, -0.15) is 0 Å². The molecule has 0 bridgehead atoms. The number of carbonyl (C=O) groups excluding carboxylic acids is 16. The van der Waals surface area contributed by atoms with Gasteiger partial charge in [-0.05, 0) is 134 Å². The van der Waals surface area contributed by atoms with Crippen molar-refractivity contribution in [3.63, 3.8) is 0 Å². The van der Waals surface area contributed by atoms with Crippen LogP contribution in [0.5, 0.6) is 0 Å². The van der Waals surface area contributed by atoms with Gasteiger partial charge in [0.2, 0.25) is 0 Å². The molecule has 108 heavy (non-hydrogen) atoms. The van der Waals surface area contributed by atoms with Gasteiger partial charge in [0.15, 0.2) is 85.5 Å². The van der Waals surface area contributed by atoms with Gasteiger partial charge >= 0.3 is 107 Å². The minimum absolute atomic E-state index is 0.00830. The van der Waals surface area contributed by atoms with E-state index >= 15 is 0 Å². The van der Waals surface area contributed by atoms with Gasteiger partial charge in [0.1, 0.15) is 19.3 Å². The van der Waals surface area contributed by atoms with Gasteiger partial charge < -0.3 is 91.1 Å². The van der Waals surface area contributed by atoms with Crippen LogP contribution in [-0.2, 0) is 175 Å². The average Bonchev–Trinajstić information content (AvgIpc) is 0.892. The lowest BCUT2D eigenvalue weighted by atomic mass is 10.2. The van der Waals surface area contributed by atoms with Crippen LogP contribution in [0.25, 0.3) is 0 Å². The second-order valence-corrected chi connectivity index (χ2v) is 23.1. The first-order chi connectivity index (χ1) is 50.3. The molecule has 0 heterocycles. The summed E-state index contributed by atoms with van der Waals surface area (Å²) in [6.45, 7) is 23.9. The summed E-state index contributed by atoms with van der Waals surface area (Å²) in [6, 6.07) is 18.1. The van der Waals surface area contributed by atoms with Gasteiger partial charge in [0.05, 0.1) is 0 Å². The van der Waals surface area contributed by atoms with Crippen LogP contribution < -0.4 is 0 Å². The molecule has 604 valence electrons. The lowest BCUT2D eigenvalue weighted by molar-refractivity contribution is -0.186. The van der Waals surface area contributed by atoms with E-state index in [2.05, 4.69) is 9.47 Å². The van der Waals surface area contributed by atoms with Crippen LogP contribution in [-0.4, -0.2) is 214 Å². The molecule has 2 aromatic carbocycles. The van der Waals surface area contributed by atoms with Crippen molar-refractivity contribution in [3.8, 4) is 0 Å². The molecule has 37 heteroatoms. The third kappa shape index (κ3) is 42.7. The minimum Gasteiger partial charge on any atom is -0.479 e. The number of aliphatic hydroxyl groups is 1. The third-order valence-electron chi connectivity index (χ3n) is 13.0. The molecule has 37 nitrogen and oxygen atoms in total. The van der Waals surface area contributed by atoms with E-state index in [1.807, 2.05) is 36.4 Å². The van der Waals surface area contributed by atoms with E-state index in [1.54, 1.807) is 45.0 Å². The van der Waals surface area contributed by atoms with Crippen molar-refractivity contribution in [2.24, 2.45) is 0 Å². The van der Waals surface area contributed by atoms with Gasteiger partial charge in [-0.1, -0.05) is 81.4 Å². The molecule has 0 amide bonds. The molecular formula is C71H98O37. The highest BCUT2D eigenvalue weighted by Crippen LogP contribution is 2.13. The maximum Gasteiger partial charge on any atom is 0.347 e. The van der Waals surface area contributed by atoms with Gasteiger partial charge in [-0.3, -0.25) is 14.4 Å². The van der Waals surface area contributed by atoms with Crippen LogP contribution in [0.2, 0.25) is 0 Å². The summed E-state index contributed by atoms with van der Waals surface area (Å²) in [4.78, 5) is 209. The van der Waals surface area contributed by atoms with Crippen molar-refractivity contribution in [1.29, 1.82) is 0 Å². The van der Waals surface area contributed by atoms with Crippen LogP contribution in [0.4, 0.5) is 0 Å². The van der Waals surface area contributed by atoms with Crippen LogP contribution >= 0.6 is 0 Å². The first-order valence-corrected chi connectivity index (χ1v) is 33.7. The number of carbonyl (C=O) groups is 18. The van der Waals surface area contributed by atoms with Crippen molar-refractivity contribution in [3.05, 3.63) is 71.8 Å². The van der Waals surface area contributed by atoms with Crippen molar-refractivity contribution < 1.29 is 177 Å². The zero-order valence-electron chi connectivity index (χ0n) is 63.3. The number of ether oxygens (including phenoxy) is 16. The Balaban J connectivity index is 0. The lowest BCUT2D eigenvalue weighted by Gasteiger charge is -2.20. The van der Waals surface area contributed by atoms with Crippen molar-refractivity contribution >= 4 is 107 Å². The number of hydrogen-bond acceptors (Lipinski definition) is 35. The Bertz CT molecular complexity index is 3290. The summed E-state index contributed by atoms with van der Waals surface area (Å²) in [5, 5.41) is 26.2. The topological polar surface area (TPSA) is 516 Å². The summed E-state index contributed by atoms with van der Waals surface area (Å²) < 4.78 is 77.3. The molecule has 0 saturated carbocycles. The Labute approximate surface area is 622 Å². The van der Waals surface area contributed by atoms with E-state index in [4.69, 9.17) is 81.6 Å². The summed E-state index contributed by atoms with van der Waals surface area (Å²) in [7, 11) is 0. The van der Waals surface area contributed by atoms with Gasteiger partial charge in [0, 0.05) is 19.3 Å². The van der Waals surface area contributed by atoms with Gasteiger partial charge in [0.25, 0.3) is 0 Å². The molecule has 0 saturated heterocycles. The molecule has 0 spiro atoms. The maximum absolute atomic E-state index is 12.2. The fraction of sp³-hybridized carbons (Fsp3) is 0.577. The SMILES string of the molecule is CCCC(=O)O[C@@H](C)C(=O)O[C@H](C)C(=O)O[C@H](C)C(=O)O.CCCC(=O)O[C@@H](C)C(=O)O[C@H](C)C(=O)O[C@H](C)C(=O)O[C@H](C)C(=O)O[C@H](C)C(=O)O.CCCC(=O)O[C@@H](C)C(=O)O[C@H](C)C(=O)O[C@H](C)C(=O)O[C@H](C)C(=O)O[C@H](C)C(=O)OCc1ccccc1.C[C@H](O)C(=O)O[C@H](C)C(=O)OCc1ccccc1. The standard InChI is InChI=1S/C26H34O12.C19H28O12.C13H20O8.C13H16O5/c1-7-11-21(27)34-16(3)23(29)36-18(5)25(31)38-19(6)26(32)37-17(4)24(30)35-15(2)22(28)33-14-20-12-9-8-10-13-20;1-7-8-14(20)27-10(3)16(23)29-12(5)18(25)31-13(6)19(26)30-11(4)17(24)28-9(2)15(21)22;1-5-6-10(14)19-8(3)12(17)21-9(4)13(18)20-7(2)11(15)16;1-9(14)12(15)18-10(2)13(16)17-8-11-6-4-3-5-7-11/h8-10,12-13,15-19H,7,11,14H2,1-6H3;9-13H,7-8H2,1-6H3,(H,21,22);7-9H,5-6H2,1-4H3,(H,15,16);3-7,9-10,14H,8H2,1-2H3/t15-,16+,17-,18-,19-;9-,10+,11-,12-,13-;7-,8+,9-;9-,10+/m1110/s1. The summed E-state index contributed by atoms with van der Waals surface area (Å²) in [5.41, 5.74) is 1.60. The number of hydrogen-bond donors (Lipinski definition) is 3. The Kier molecular flexibility index (Phi) is 48.3. The predicted molar refractivity (Wildman–Crippen MR) is 362 cm³/mol. The molecule has 0 radical (unpaired) electrons. The summed E-state index contributed by atoms with van der Waals surface area (Å²) in [5.74, 6) is -17.0. The monoisotopic (exact) mass is 1540 g/mol. The molecular weight excluding hydrogens is 1440 g/mol. The fourth-order valence-electron chi connectivity index (χ4n) is 6.72. The van der Waals surface area contributed by atoms with E-state index in [9.17, 15) is 86.3 Å². The second-order valence-electron chi connectivity index (χ2n) is 23.1. The molecule has 0 fully saturated rings. The minimum atomic E-state index is -1.47. The summed E-state index contributed by atoms with van der Waals surface area (Å²) >= 11 is 0. The molecule has 3 N–H and O–H groups in total. The maximum atomic E-state index is 12.2. The Morgan fingerprint density at radius 3 is 0.593 bits per heavy atom. The zero-order chi connectivity index (χ0) is 83.2. The van der Waals surface area contributed by atoms with E-state index in [0.29, 0.717) is 19.3 Å². The van der Waals surface area contributed by atoms with Crippen molar-refractivity contribution in [2.75, 3.05) is 0 Å². The number of aliphatic hydroxyl groups excluding tert-OH is 1. The van der Waals surface area contributed by atoms with Crippen LogP contribution in [0, 0.1) is 0 Å². The summed E-state index contributed by atoms with van der Waals surface area (Å²) in [6.07, 6.45) is -17.9. The number of benzene rings is 2. The Hall–Kier alpha value is -11.1. The highest BCUT2D eigenvalue weighted by Gasteiger charge is 2.35. The first kappa shape index (κ1) is 98.9. The Morgan fingerprint density at radius 2 is 0.417 bits per heavy atom. The molecule has 2 aromatic rings. The predicted octanol–water partition coefficient (Wildman–Crippen LogP) is 4.43. The molecule has 0 aliphatic rings. The molecule has 2 rings (SSSR count). The average molecular weight is 1540 g/mol. The Morgan fingerprint density at radius 1 is 0.250 bits per heavy atom. The number of carboxylic acid groups (broad SMARTS) is 2. The largest absolute Gasteiger partial charge is 0.479 e. The molecule has 0 aliphatic carbocycles. The van der Waals surface area contributed by atoms with Crippen molar-refractivity contribution in [2.45, 2.75) is 268 Å². The number of esters is 16. The van der Waals surface area contributed by atoms with Crippen molar-refractivity contribution in [1.82, 2.24) is 0 Å². The first-order valence-electron chi connectivity index (χ1n) is 33.7. The third-order valence-corrected chi connectivity index (χ3v) is 13.0. The smallest absolute Gasteiger partial charge is 0.347 e. The van der Waals surface area contributed by atoms with E-state index in [-0.39, 0.29) is 32.5 Å². The second kappa shape index (κ2) is 52.8. The van der Waals surface area contributed by atoms with Gasteiger partial charge in [-0.15, -0.1) is 0 Å². The normalized spacial score (nSPS) is 14.5. The van der Waals surface area contributed by atoms with Crippen LogP contribution in [0.3, 0.4) is 0 Å². The number of aliphatic carboxylic acids is 2. The number of rotatable bonds is 39. The van der Waals surface area contributed by atoms with E-state index in [0.717, 1.165) is 31.9 Å². The van der Waals surface area contributed by atoms with Crippen LogP contribution in [0.15, 0.2) is 60.7 Å². The number of carboxylic acids is 2. The highest BCUT2D eigenvalue weighted by atomic mass is 16.7. The molecule has 0 unspecified atom stereocenters. The lowest BCUT2D eigenvalue weighted by Crippen LogP contribution is -2.38. The molecule has 0 aromatic heterocycles. The molecule has 15 atom stereocenters. The zero-order valence-corrected chi connectivity index (χ0v) is 63.3. The van der Waals surface area contributed by atoms with E-state index < -0.39 is 199 Å². The van der Waals surface area contributed by atoms with Crippen LogP contribution in [0.1, 0.15) is 174 Å². The van der Waals surface area contributed by atoms with E-state index in [1.165, 1.54) is 83.1 Å².